The number of amides is 1. The Kier molecular flexibility index (Phi) is 8.22. The molecule has 2 atom stereocenters. The van der Waals surface area contributed by atoms with Crippen LogP contribution < -0.4 is 16.0 Å². The molecule has 0 bridgehead atoms. The summed E-state index contributed by atoms with van der Waals surface area (Å²) in [5.41, 5.74) is 7.14. The molecule has 0 aromatic heterocycles. The highest BCUT2D eigenvalue weighted by Gasteiger charge is 2.33. The van der Waals surface area contributed by atoms with Gasteiger partial charge in [-0.25, -0.2) is 0 Å². The number of nitrogens with two attached hydrogens (primary N) is 1. The molecule has 0 spiro atoms. The summed E-state index contributed by atoms with van der Waals surface area (Å²) in [4.78, 5) is 14.9. The van der Waals surface area contributed by atoms with Crippen molar-refractivity contribution in [2.75, 3.05) is 18.0 Å². The smallest absolute Gasteiger partial charge is 0.244 e. The molecule has 142 valence electrons. The van der Waals surface area contributed by atoms with E-state index in [1.54, 1.807) is 6.92 Å². The largest absolute Gasteiger partial charge is 0.369 e. The molecule has 2 unspecified atom stereocenters. The number of rotatable bonds is 4. The van der Waals surface area contributed by atoms with Gasteiger partial charge in [0.15, 0.2) is 0 Å². The molecular weight excluding hydrogens is 393 g/mol. The SMILES string of the molecule is CC(N)(C(=O)NC1CCN(c2cccc(Cl)c2)C1)c1ccccc1.Cl.Cl. The van der Waals surface area contributed by atoms with Gasteiger partial charge < -0.3 is 16.0 Å². The van der Waals surface area contributed by atoms with Crippen LogP contribution in [0.25, 0.3) is 0 Å². The van der Waals surface area contributed by atoms with Crippen LogP contribution in [-0.4, -0.2) is 25.0 Å². The molecule has 1 fully saturated rings. The molecule has 1 amide bonds. The Bertz CT molecular complexity index is 725. The summed E-state index contributed by atoms with van der Waals surface area (Å²) in [6.45, 7) is 3.40. The summed E-state index contributed by atoms with van der Waals surface area (Å²) < 4.78 is 0. The summed E-state index contributed by atoms with van der Waals surface area (Å²) in [6.07, 6.45) is 0.892. The molecule has 0 aliphatic carbocycles. The van der Waals surface area contributed by atoms with Gasteiger partial charge in [-0.2, -0.15) is 0 Å². The molecule has 2 aromatic carbocycles. The first-order valence-electron chi connectivity index (χ1n) is 8.13. The highest BCUT2D eigenvalue weighted by Crippen LogP contribution is 2.24. The first kappa shape index (κ1) is 22.6. The quantitative estimate of drug-likeness (QED) is 0.798. The fourth-order valence-electron chi connectivity index (χ4n) is 3.04. The average Bonchev–Trinajstić information content (AvgIpc) is 3.04. The summed E-state index contributed by atoms with van der Waals surface area (Å²) in [5.74, 6) is -0.147. The summed E-state index contributed by atoms with van der Waals surface area (Å²) in [6, 6.07) is 17.3. The molecule has 3 N–H and O–H groups in total. The van der Waals surface area contributed by atoms with E-state index in [-0.39, 0.29) is 36.8 Å². The van der Waals surface area contributed by atoms with Crippen molar-refractivity contribution in [3.63, 3.8) is 0 Å². The lowest BCUT2D eigenvalue weighted by atomic mass is 9.92. The number of halogens is 3. The third kappa shape index (κ3) is 5.04. The van der Waals surface area contributed by atoms with E-state index in [1.807, 2.05) is 54.6 Å². The minimum Gasteiger partial charge on any atom is -0.369 e. The van der Waals surface area contributed by atoms with Crippen molar-refractivity contribution >= 4 is 48.0 Å². The zero-order valence-corrected chi connectivity index (χ0v) is 16.9. The van der Waals surface area contributed by atoms with Crippen LogP contribution in [0.3, 0.4) is 0 Å². The Morgan fingerprint density at radius 1 is 1.19 bits per heavy atom. The lowest BCUT2D eigenvalue weighted by Crippen LogP contribution is -2.52. The van der Waals surface area contributed by atoms with Crippen molar-refractivity contribution in [1.29, 1.82) is 0 Å². The van der Waals surface area contributed by atoms with Gasteiger partial charge in [-0.05, 0) is 37.1 Å². The Morgan fingerprint density at radius 2 is 1.88 bits per heavy atom. The molecule has 3 rings (SSSR count). The maximum absolute atomic E-state index is 12.6. The van der Waals surface area contributed by atoms with E-state index in [2.05, 4.69) is 10.2 Å². The molecule has 7 heteroatoms. The van der Waals surface area contributed by atoms with Crippen LogP contribution in [0.1, 0.15) is 18.9 Å². The van der Waals surface area contributed by atoms with E-state index >= 15 is 0 Å². The molecule has 26 heavy (non-hydrogen) atoms. The maximum atomic E-state index is 12.6. The van der Waals surface area contributed by atoms with Crippen molar-refractivity contribution in [3.8, 4) is 0 Å². The minimum absolute atomic E-state index is 0. The van der Waals surface area contributed by atoms with E-state index in [1.165, 1.54) is 0 Å². The van der Waals surface area contributed by atoms with Crippen LogP contribution in [0.15, 0.2) is 54.6 Å². The lowest BCUT2D eigenvalue weighted by molar-refractivity contribution is -0.126. The van der Waals surface area contributed by atoms with Crippen LogP contribution in [0.5, 0.6) is 0 Å². The second kappa shape index (κ2) is 9.47. The Balaban J connectivity index is 0.00000169. The van der Waals surface area contributed by atoms with Gasteiger partial charge in [0.2, 0.25) is 5.91 Å². The van der Waals surface area contributed by atoms with Gasteiger partial charge in [0, 0.05) is 29.8 Å². The van der Waals surface area contributed by atoms with Crippen LogP contribution in [0.2, 0.25) is 5.02 Å². The highest BCUT2D eigenvalue weighted by atomic mass is 35.5. The van der Waals surface area contributed by atoms with Crippen LogP contribution >= 0.6 is 36.4 Å². The average molecular weight is 417 g/mol. The van der Waals surface area contributed by atoms with Crippen LogP contribution in [-0.2, 0) is 10.3 Å². The monoisotopic (exact) mass is 415 g/mol. The zero-order valence-electron chi connectivity index (χ0n) is 14.5. The van der Waals surface area contributed by atoms with Gasteiger partial charge >= 0.3 is 0 Å². The minimum atomic E-state index is -1.04. The molecule has 4 nitrogen and oxygen atoms in total. The summed E-state index contributed by atoms with van der Waals surface area (Å²) in [7, 11) is 0. The number of nitrogens with one attached hydrogen (secondary N) is 1. The predicted octanol–water partition coefficient (Wildman–Crippen LogP) is 3.75. The van der Waals surface area contributed by atoms with Gasteiger partial charge in [-0.3, -0.25) is 4.79 Å². The molecule has 1 aliphatic heterocycles. The number of hydrogen-bond donors (Lipinski definition) is 2. The summed E-state index contributed by atoms with van der Waals surface area (Å²) in [5, 5.41) is 3.81. The third-order valence-corrected chi connectivity index (χ3v) is 4.78. The number of carbonyl (C=O) groups is 1. The Morgan fingerprint density at radius 3 is 2.54 bits per heavy atom. The molecule has 0 radical (unpaired) electrons. The maximum Gasteiger partial charge on any atom is 0.244 e. The second-order valence-electron chi connectivity index (χ2n) is 6.45. The molecule has 1 heterocycles. The van der Waals surface area contributed by atoms with Gasteiger partial charge in [-0.1, -0.05) is 48.0 Å². The molecule has 0 saturated carbocycles. The van der Waals surface area contributed by atoms with E-state index < -0.39 is 5.54 Å². The van der Waals surface area contributed by atoms with Gasteiger partial charge in [0.05, 0.1) is 0 Å². The zero-order chi connectivity index (χ0) is 17.2. The first-order valence-corrected chi connectivity index (χ1v) is 8.50. The fourth-order valence-corrected chi connectivity index (χ4v) is 3.22. The normalized spacial score (nSPS) is 18.3. The molecule has 1 aliphatic rings. The van der Waals surface area contributed by atoms with E-state index in [9.17, 15) is 4.79 Å². The number of carbonyl (C=O) groups excluding carboxylic acids is 1. The van der Waals surface area contributed by atoms with Crippen molar-refractivity contribution in [2.45, 2.75) is 24.9 Å². The van der Waals surface area contributed by atoms with E-state index in [0.717, 1.165) is 35.8 Å². The van der Waals surface area contributed by atoms with Crippen molar-refractivity contribution < 1.29 is 4.79 Å². The van der Waals surface area contributed by atoms with Gasteiger partial charge in [-0.15, -0.1) is 24.8 Å². The number of benzene rings is 2. The summed E-state index contributed by atoms with van der Waals surface area (Å²) >= 11 is 6.06. The van der Waals surface area contributed by atoms with Crippen LogP contribution in [0, 0.1) is 0 Å². The topological polar surface area (TPSA) is 58.4 Å². The fraction of sp³-hybridized carbons (Fsp3) is 0.316. The third-order valence-electron chi connectivity index (χ3n) is 4.54. The number of anilines is 1. The highest BCUT2D eigenvalue weighted by molar-refractivity contribution is 6.30. The molecule has 2 aromatic rings. The van der Waals surface area contributed by atoms with Crippen molar-refractivity contribution in [1.82, 2.24) is 5.32 Å². The predicted molar refractivity (Wildman–Crippen MR) is 113 cm³/mol. The van der Waals surface area contributed by atoms with Gasteiger partial charge in [0.1, 0.15) is 5.54 Å². The van der Waals surface area contributed by atoms with E-state index in [0.29, 0.717) is 0 Å². The standard InChI is InChI=1S/C19H22ClN3O.2ClH/c1-19(21,14-6-3-2-4-7-14)18(24)22-16-10-11-23(13-16)17-9-5-8-15(20)12-17;;/h2-9,12,16H,10-11,13,21H2,1H3,(H,22,24);2*1H. The van der Waals surface area contributed by atoms with Gasteiger partial charge in [0.25, 0.3) is 0 Å². The molecular formula is C19H24Cl3N3O. The Hall–Kier alpha value is -1.46. The number of nitrogens with zero attached hydrogens (tertiary/aromatic N) is 1. The van der Waals surface area contributed by atoms with E-state index in [4.69, 9.17) is 17.3 Å². The van der Waals surface area contributed by atoms with Crippen molar-refractivity contribution in [3.05, 3.63) is 65.2 Å². The van der Waals surface area contributed by atoms with Crippen molar-refractivity contribution in [2.24, 2.45) is 5.73 Å². The molecule has 1 saturated heterocycles. The lowest BCUT2D eigenvalue weighted by Gasteiger charge is -2.26. The first-order chi connectivity index (χ1) is 11.5. The second-order valence-corrected chi connectivity index (χ2v) is 6.89. The Labute approximate surface area is 171 Å². The van der Waals surface area contributed by atoms with Crippen LogP contribution in [0.4, 0.5) is 5.69 Å². The number of hydrogen-bond acceptors (Lipinski definition) is 3.